The number of rotatable bonds is 8. The molecule has 2 aromatic carbocycles. The van der Waals surface area contributed by atoms with Gasteiger partial charge >= 0.3 is 10.2 Å². The number of nitrogens with zero attached hydrogens (tertiary/aromatic N) is 3. The normalized spacial score (nSPS) is 25.3. The van der Waals surface area contributed by atoms with Gasteiger partial charge in [0.2, 0.25) is 5.91 Å². The minimum absolute atomic E-state index is 0.0215. The summed E-state index contributed by atoms with van der Waals surface area (Å²) in [5.74, 6) is 0.527. The van der Waals surface area contributed by atoms with Gasteiger partial charge in [0.25, 0.3) is 5.91 Å². The van der Waals surface area contributed by atoms with Crippen molar-refractivity contribution >= 4 is 38.7 Å². The van der Waals surface area contributed by atoms with Crippen LogP contribution >= 0.6 is 0 Å². The molecular formula is C37H46N4O6S. The highest BCUT2D eigenvalue weighted by molar-refractivity contribution is 7.87. The second-order valence-corrected chi connectivity index (χ2v) is 16.6. The number of Topliss-reactive ketones (excluding diaryl/α,β-unsaturated/α-hetero) is 1. The molecule has 2 saturated carbocycles. The van der Waals surface area contributed by atoms with E-state index in [1.807, 2.05) is 17.0 Å². The van der Waals surface area contributed by atoms with E-state index in [1.54, 1.807) is 26.2 Å². The van der Waals surface area contributed by atoms with Crippen LogP contribution in [0.4, 0.5) is 0 Å². The zero-order chi connectivity index (χ0) is 34.1. The van der Waals surface area contributed by atoms with Crippen LogP contribution in [0.5, 0.6) is 5.75 Å². The third-order valence-corrected chi connectivity index (χ3v) is 12.9. The van der Waals surface area contributed by atoms with Crippen LogP contribution in [0.1, 0.15) is 105 Å². The Morgan fingerprint density at radius 3 is 2.46 bits per heavy atom. The Kier molecular flexibility index (Phi) is 8.22. The average Bonchev–Trinajstić information content (AvgIpc) is 3.59. The van der Waals surface area contributed by atoms with Crippen LogP contribution in [0, 0.1) is 5.41 Å². The van der Waals surface area contributed by atoms with Crippen molar-refractivity contribution < 1.29 is 27.5 Å². The quantitative estimate of drug-likeness (QED) is 0.326. The van der Waals surface area contributed by atoms with E-state index in [2.05, 4.69) is 28.3 Å². The number of ether oxygens (including phenoxy) is 1. The van der Waals surface area contributed by atoms with Gasteiger partial charge in [0.1, 0.15) is 11.5 Å². The molecule has 0 spiro atoms. The molecule has 10 nitrogen and oxygen atoms in total. The van der Waals surface area contributed by atoms with Crippen LogP contribution in [0.25, 0.3) is 22.2 Å². The lowest BCUT2D eigenvalue weighted by Gasteiger charge is -2.33. The van der Waals surface area contributed by atoms with Crippen molar-refractivity contribution in [2.45, 2.75) is 102 Å². The lowest BCUT2D eigenvalue weighted by Crippen LogP contribution is -2.46. The first-order valence-electron chi connectivity index (χ1n) is 17.3. The summed E-state index contributed by atoms with van der Waals surface area (Å²) in [6.07, 6.45) is 8.34. The number of likely N-dealkylation sites (tertiary alicyclic amines) is 1. The molecule has 1 N–H and O–H groups in total. The molecule has 4 atom stereocenters. The van der Waals surface area contributed by atoms with E-state index < -0.39 is 21.5 Å². The zero-order valence-electron chi connectivity index (χ0n) is 28.5. The van der Waals surface area contributed by atoms with Crippen molar-refractivity contribution in [2.75, 3.05) is 21.2 Å². The van der Waals surface area contributed by atoms with Gasteiger partial charge in [-0.05, 0) is 93.3 Å². The molecule has 0 radical (unpaired) electrons. The third kappa shape index (κ3) is 5.33. The molecular weight excluding hydrogens is 628 g/mol. The van der Waals surface area contributed by atoms with Gasteiger partial charge in [-0.15, -0.1) is 0 Å². The molecule has 2 aliphatic heterocycles. The van der Waals surface area contributed by atoms with E-state index in [1.165, 1.54) is 26.1 Å². The average molecular weight is 675 g/mol. The van der Waals surface area contributed by atoms with Crippen molar-refractivity contribution in [3.63, 3.8) is 0 Å². The standard InChI is InChI=1S/C37H46N4O6S/c1-22-11-13-26(17-23(2)42)41(22)36(44)37-20-31(37)30-19-27(47-5)14-16-28(30)34-33(24-9-7-6-8-10-24)29-15-12-25(18-32(29)40(34)21-37)35(43)38-48(45,46)39(3)4/h12,14-16,18-19,22,24,26,31H,6-11,13,17,20-21H2,1-5H3,(H,38,43). The summed E-state index contributed by atoms with van der Waals surface area (Å²) in [5, 5.41) is 1.04. The topological polar surface area (TPSA) is 118 Å². The molecule has 4 unspecified atom stereocenters. The van der Waals surface area contributed by atoms with Crippen LogP contribution in [-0.4, -0.2) is 73.1 Å². The van der Waals surface area contributed by atoms with E-state index in [0.717, 1.165) is 76.3 Å². The number of carbonyl (C=O) groups is 3. The summed E-state index contributed by atoms with van der Waals surface area (Å²) in [4.78, 5) is 42.6. The molecule has 3 heterocycles. The molecule has 2 aliphatic carbocycles. The SMILES string of the molecule is COc1ccc2c(c1)C1CC1(C(=O)N1C(C)CCC1CC(C)=O)Cn1c-2c(C2CCCCC2)c2ccc(C(=O)NS(=O)(=O)N(C)C)cc21. The largest absolute Gasteiger partial charge is 0.497 e. The Labute approximate surface area is 283 Å². The second kappa shape index (κ2) is 12.0. The Morgan fingerprint density at radius 1 is 1.02 bits per heavy atom. The molecule has 256 valence electrons. The summed E-state index contributed by atoms with van der Waals surface area (Å²) >= 11 is 0. The number of fused-ring (bicyclic) bond motifs is 7. The van der Waals surface area contributed by atoms with E-state index >= 15 is 0 Å². The Hall–Kier alpha value is -3.70. The number of hydrogen-bond acceptors (Lipinski definition) is 6. The Morgan fingerprint density at radius 2 is 1.77 bits per heavy atom. The molecule has 4 aliphatic rings. The molecule has 2 amide bonds. The van der Waals surface area contributed by atoms with Crippen molar-refractivity contribution in [3.8, 4) is 17.0 Å². The highest BCUT2D eigenvalue weighted by Crippen LogP contribution is 2.66. The molecule has 3 fully saturated rings. The number of methoxy groups -OCH3 is 1. The van der Waals surface area contributed by atoms with Crippen LogP contribution in [0.3, 0.4) is 0 Å². The number of benzene rings is 2. The van der Waals surface area contributed by atoms with Crippen LogP contribution in [0.2, 0.25) is 0 Å². The fourth-order valence-corrected chi connectivity index (χ4v) is 9.45. The van der Waals surface area contributed by atoms with E-state index in [4.69, 9.17) is 4.74 Å². The monoisotopic (exact) mass is 674 g/mol. The number of ketones is 1. The van der Waals surface area contributed by atoms with Gasteiger partial charge in [-0.1, -0.05) is 25.3 Å². The van der Waals surface area contributed by atoms with Gasteiger partial charge in [-0.2, -0.15) is 12.7 Å². The maximum atomic E-state index is 15.0. The van der Waals surface area contributed by atoms with Gasteiger partial charge in [0.15, 0.2) is 0 Å². The Balaban J connectivity index is 1.43. The van der Waals surface area contributed by atoms with Crippen molar-refractivity contribution in [1.82, 2.24) is 18.5 Å². The van der Waals surface area contributed by atoms with E-state index in [-0.39, 0.29) is 35.3 Å². The van der Waals surface area contributed by atoms with Crippen molar-refractivity contribution in [1.29, 1.82) is 0 Å². The number of hydrogen-bond donors (Lipinski definition) is 1. The lowest BCUT2D eigenvalue weighted by molar-refractivity contribution is -0.141. The highest BCUT2D eigenvalue weighted by Gasteiger charge is 2.65. The number of carbonyl (C=O) groups excluding carboxylic acids is 3. The molecule has 0 bridgehead atoms. The number of aromatic nitrogens is 1. The van der Waals surface area contributed by atoms with E-state index in [0.29, 0.717) is 25.3 Å². The van der Waals surface area contributed by atoms with Gasteiger partial charge in [-0.3, -0.25) is 14.4 Å². The summed E-state index contributed by atoms with van der Waals surface area (Å²) in [7, 11) is 0.419. The molecule has 1 aromatic heterocycles. The highest BCUT2D eigenvalue weighted by atomic mass is 32.2. The fourth-order valence-electron chi connectivity index (χ4n) is 8.92. The molecule has 1 saturated heterocycles. The predicted octanol–water partition coefficient (Wildman–Crippen LogP) is 5.75. The minimum atomic E-state index is -3.99. The fraction of sp³-hybridized carbons (Fsp3) is 0.541. The van der Waals surface area contributed by atoms with Gasteiger partial charge in [0, 0.05) is 67.1 Å². The number of amides is 2. The van der Waals surface area contributed by atoms with Crippen LogP contribution in [0.15, 0.2) is 36.4 Å². The van der Waals surface area contributed by atoms with Crippen molar-refractivity contribution in [3.05, 3.63) is 53.1 Å². The smallest absolute Gasteiger partial charge is 0.303 e. The van der Waals surface area contributed by atoms with Crippen molar-refractivity contribution in [2.24, 2.45) is 5.41 Å². The summed E-state index contributed by atoms with van der Waals surface area (Å²) < 4.78 is 36.3. The van der Waals surface area contributed by atoms with Gasteiger partial charge in [0.05, 0.1) is 18.2 Å². The molecule has 11 heteroatoms. The first-order chi connectivity index (χ1) is 22.9. The van der Waals surface area contributed by atoms with Gasteiger partial charge < -0.3 is 14.2 Å². The predicted molar refractivity (Wildman–Crippen MR) is 184 cm³/mol. The summed E-state index contributed by atoms with van der Waals surface area (Å²) in [6.45, 7) is 4.12. The first-order valence-corrected chi connectivity index (χ1v) is 18.7. The third-order valence-electron chi connectivity index (χ3n) is 11.5. The van der Waals surface area contributed by atoms with Crippen LogP contribution in [-0.2, 0) is 26.3 Å². The molecule has 3 aromatic rings. The molecule has 48 heavy (non-hydrogen) atoms. The van der Waals surface area contributed by atoms with Gasteiger partial charge in [-0.25, -0.2) is 4.72 Å². The van der Waals surface area contributed by atoms with Crippen LogP contribution < -0.4 is 9.46 Å². The Bertz CT molecular complexity index is 1930. The lowest BCUT2D eigenvalue weighted by atomic mass is 9.81. The summed E-state index contributed by atoms with van der Waals surface area (Å²) in [5.41, 5.74) is 4.87. The maximum Gasteiger partial charge on any atom is 0.303 e. The first kappa shape index (κ1) is 32.8. The number of nitrogens with one attached hydrogen (secondary N) is 1. The molecule has 7 rings (SSSR count). The summed E-state index contributed by atoms with van der Waals surface area (Å²) in [6, 6.07) is 11.6. The zero-order valence-corrected chi connectivity index (χ0v) is 29.4. The van der Waals surface area contributed by atoms with E-state index in [9.17, 15) is 22.8 Å². The minimum Gasteiger partial charge on any atom is -0.497 e. The maximum absolute atomic E-state index is 15.0. The second-order valence-electron chi connectivity index (χ2n) is 14.7.